The number of likely N-dealkylation sites (tertiary alicyclic amines) is 1. The van der Waals surface area contributed by atoms with Gasteiger partial charge in [-0.05, 0) is 30.5 Å². The Morgan fingerprint density at radius 2 is 2.17 bits per heavy atom. The lowest BCUT2D eigenvalue weighted by Crippen LogP contribution is -2.42. The molecule has 0 radical (unpaired) electrons. The number of halogens is 2. The fourth-order valence-corrected chi connectivity index (χ4v) is 2.41. The zero-order valence-electron chi connectivity index (χ0n) is 10.2. The first-order valence-electron chi connectivity index (χ1n) is 6.00. The molecule has 1 amide bonds. The molecular formula is C13H16F2N2O. The van der Waals surface area contributed by atoms with E-state index in [9.17, 15) is 13.6 Å². The van der Waals surface area contributed by atoms with Gasteiger partial charge in [0.15, 0.2) is 11.6 Å². The van der Waals surface area contributed by atoms with Crippen LogP contribution in [0.2, 0.25) is 0 Å². The minimum absolute atomic E-state index is 0.0226. The summed E-state index contributed by atoms with van der Waals surface area (Å²) in [4.78, 5) is 13.9. The van der Waals surface area contributed by atoms with Crippen molar-refractivity contribution in [2.24, 2.45) is 11.7 Å². The summed E-state index contributed by atoms with van der Waals surface area (Å²) in [6, 6.07) is 3.19. The van der Waals surface area contributed by atoms with Crippen molar-refractivity contribution in [1.82, 2.24) is 4.90 Å². The zero-order valence-corrected chi connectivity index (χ0v) is 10.2. The lowest BCUT2D eigenvalue weighted by molar-refractivity contribution is 0.0727. The molecule has 3 nitrogen and oxygen atoms in total. The van der Waals surface area contributed by atoms with Crippen LogP contribution < -0.4 is 5.73 Å². The molecule has 1 aromatic carbocycles. The molecule has 0 bridgehead atoms. The monoisotopic (exact) mass is 254 g/mol. The van der Waals surface area contributed by atoms with Gasteiger partial charge in [0.1, 0.15) is 0 Å². The number of nitrogens with two attached hydrogens (primary N) is 1. The minimum Gasteiger partial charge on any atom is -0.334 e. The maximum Gasteiger partial charge on any atom is 0.254 e. The van der Waals surface area contributed by atoms with E-state index in [1.54, 1.807) is 4.90 Å². The molecule has 2 N–H and O–H groups in total. The van der Waals surface area contributed by atoms with E-state index in [2.05, 4.69) is 0 Å². The van der Waals surface area contributed by atoms with E-state index in [0.717, 1.165) is 18.6 Å². The van der Waals surface area contributed by atoms with Crippen LogP contribution in [0.4, 0.5) is 8.78 Å². The van der Waals surface area contributed by atoms with Crippen molar-refractivity contribution < 1.29 is 13.6 Å². The third-order valence-electron chi connectivity index (χ3n) is 3.55. The van der Waals surface area contributed by atoms with Crippen LogP contribution in [0.5, 0.6) is 0 Å². The second-order valence-corrected chi connectivity index (χ2v) is 4.70. The summed E-state index contributed by atoms with van der Waals surface area (Å²) in [6.45, 7) is 3.04. The lowest BCUT2D eigenvalue weighted by atomic mass is 10.0. The zero-order chi connectivity index (χ0) is 13.3. The van der Waals surface area contributed by atoms with Crippen LogP contribution in [0.25, 0.3) is 0 Å². The lowest BCUT2D eigenvalue weighted by Gasteiger charge is -2.25. The molecule has 0 aliphatic carbocycles. The predicted molar refractivity (Wildman–Crippen MR) is 64.0 cm³/mol. The van der Waals surface area contributed by atoms with Gasteiger partial charge in [-0.15, -0.1) is 0 Å². The first-order valence-corrected chi connectivity index (χ1v) is 6.00. The molecule has 1 fully saturated rings. The van der Waals surface area contributed by atoms with Crippen molar-refractivity contribution in [1.29, 1.82) is 0 Å². The summed E-state index contributed by atoms with van der Waals surface area (Å²) in [5.74, 6) is -1.90. The van der Waals surface area contributed by atoms with E-state index in [1.165, 1.54) is 6.07 Å². The van der Waals surface area contributed by atoms with Gasteiger partial charge in [-0.3, -0.25) is 4.79 Å². The minimum atomic E-state index is -1.00. The van der Waals surface area contributed by atoms with Gasteiger partial charge in [-0.2, -0.15) is 0 Å². The molecule has 1 aliphatic heterocycles. The molecule has 18 heavy (non-hydrogen) atoms. The van der Waals surface area contributed by atoms with Gasteiger partial charge in [0, 0.05) is 24.7 Å². The van der Waals surface area contributed by atoms with E-state index < -0.39 is 11.6 Å². The second kappa shape index (κ2) is 5.02. The Morgan fingerprint density at radius 3 is 2.78 bits per heavy atom. The van der Waals surface area contributed by atoms with Gasteiger partial charge in [0.05, 0.1) is 0 Å². The van der Waals surface area contributed by atoms with Crippen LogP contribution in [0.3, 0.4) is 0 Å². The van der Waals surface area contributed by atoms with Crippen molar-refractivity contribution >= 4 is 5.91 Å². The average molecular weight is 254 g/mol. The highest BCUT2D eigenvalue weighted by molar-refractivity contribution is 5.94. The molecule has 5 heteroatoms. The maximum atomic E-state index is 13.1. The van der Waals surface area contributed by atoms with E-state index in [1.807, 2.05) is 6.92 Å². The summed E-state index contributed by atoms with van der Waals surface area (Å²) < 4.78 is 25.9. The molecular weight excluding hydrogens is 238 g/mol. The van der Waals surface area contributed by atoms with Crippen LogP contribution in [-0.4, -0.2) is 29.9 Å². The number of hydrogen-bond donors (Lipinski definition) is 1. The van der Waals surface area contributed by atoms with Crippen LogP contribution in [0, 0.1) is 17.6 Å². The molecule has 2 atom stereocenters. The highest BCUT2D eigenvalue weighted by atomic mass is 19.2. The Hall–Kier alpha value is -1.49. The second-order valence-electron chi connectivity index (χ2n) is 4.70. The molecule has 1 aliphatic rings. The van der Waals surface area contributed by atoms with E-state index in [0.29, 0.717) is 19.0 Å². The van der Waals surface area contributed by atoms with Gasteiger partial charge in [0.2, 0.25) is 0 Å². The number of carbonyl (C=O) groups is 1. The van der Waals surface area contributed by atoms with E-state index in [-0.39, 0.29) is 17.5 Å². The van der Waals surface area contributed by atoms with Gasteiger partial charge in [0.25, 0.3) is 5.91 Å². The summed E-state index contributed by atoms with van der Waals surface area (Å²) >= 11 is 0. The van der Waals surface area contributed by atoms with Gasteiger partial charge in [-0.1, -0.05) is 6.92 Å². The summed E-state index contributed by atoms with van der Waals surface area (Å²) in [7, 11) is 0. The largest absolute Gasteiger partial charge is 0.334 e. The van der Waals surface area contributed by atoms with Gasteiger partial charge < -0.3 is 10.6 Å². The van der Waals surface area contributed by atoms with Crippen LogP contribution >= 0.6 is 0 Å². The van der Waals surface area contributed by atoms with Gasteiger partial charge >= 0.3 is 0 Å². The smallest absolute Gasteiger partial charge is 0.254 e. The number of hydrogen-bond acceptors (Lipinski definition) is 2. The molecule has 0 aromatic heterocycles. The van der Waals surface area contributed by atoms with Crippen LogP contribution in [0.1, 0.15) is 23.7 Å². The summed E-state index contributed by atoms with van der Waals surface area (Å²) in [6.07, 6.45) is 0.886. The molecule has 2 unspecified atom stereocenters. The SMILES string of the molecule is CC1CCN(C(=O)c2ccc(F)c(F)c2)C1CN. The maximum absolute atomic E-state index is 13.1. The summed E-state index contributed by atoms with van der Waals surface area (Å²) in [5.41, 5.74) is 5.82. The van der Waals surface area contributed by atoms with E-state index in [4.69, 9.17) is 5.73 Å². The third kappa shape index (κ3) is 2.22. The third-order valence-corrected chi connectivity index (χ3v) is 3.55. The molecule has 0 spiro atoms. The van der Waals surface area contributed by atoms with Crippen molar-refractivity contribution in [2.75, 3.05) is 13.1 Å². The molecule has 0 saturated carbocycles. The van der Waals surface area contributed by atoms with Crippen molar-refractivity contribution in [3.63, 3.8) is 0 Å². The predicted octanol–water partition coefficient (Wildman–Crippen LogP) is 1.77. The number of rotatable bonds is 2. The topological polar surface area (TPSA) is 46.3 Å². The van der Waals surface area contributed by atoms with Crippen molar-refractivity contribution in [3.8, 4) is 0 Å². The van der Waals surface area contributed by atoms with E-state index >= 15 is 0 Å². The molecule has 1 heterocycles. The number of amides is 1. The van der Waals surface area contributed by atoms with Crippen LogP contribution in [-0.2, 0) is 0 Å². The molecule has 98 valence electrons. The van der Waals surface area contributed by atoms with Crippen LogP contribution in [0.15, 0.2) is 18.2 Å². The Balaban J connectivity index is 2.23. The normalized spacial score (nSPS) is 23.4. The van der Waals surface area contributed by atoms with Crippen molar-refractivity contribution in [2.45, 2.75) is 19.4 Å². The number of nitrogens with zero attached hydrogens (tertiary/aromatic N) is 1. The molecule has 1 aromatic rings. The fraction of sp³-hybridized carbons (Fsp3) is 0.462. The Bertz CT molecular complexity index is 464. The highest BCUT2D eigenvalue weighted by Gasteiger charge is 2.33. The quantitative estimate of drug-likeness (QED) is 0.874. The summed E-state index contributed by atoms with van der Waals surface area (Å²) in [5, 5.41) is 0. The van der Waals surface area contributed by atoms with Crippen molar-refractivity contribution in [3.05, 3.63) is 35.4 Å². The Kier molecular flexibility index (Phi) is 3.61. The average Bonchev–Trinajstić information content (AvgIpc) is 2.73. The van der Waals surface area contributed by atoms with Gasteiger partial charge in [-0.25, -0.2) is 8.78 Å². The highest BCUT2D eigenvalue weighted by Crippen LogP contribution is 2.25. The number of carbonyl (C=O) groups excluding carboxylic acids is 1. The molecule has 2 rings (SSSR count). The standard InChI is InChI=1S/C13H16F2N2O/c1-8-4-5-17(12(8)7-16)13(18)9-2-3-10(14)11(15)6-9/h2-3,6,8,12H,4-5,7,16H2,1H3. The fourth-order valence-electron chi connectivity index (χ4n) is 2.41. The Morgan fingerprint density at radius 1 is 1.44 bits per heavy atom. The first-order chi connectivity index (χ1) is 8.54. The first kappa shape index (κ1) is 13.0. The molecule has 1 saturated heterocycles. The number of benzene rings is 1. The Labute approximate surface area is 105 Å².